The van der Waals surface area contributed by atoms with Gasteiger partial charge in [0.2, 0.25) is 0 Å². The van der Waals surface area contributed by atoms with Crippen LogP contribution in [-0.4, -0.2) is 4.57 Å². The van der Waals surface area contributed by atoms with Crippen molar-refractivity contribution in [2.75, 3.05) is 4.90 Å². The highest BCUT2D eigenvalue weighted by atomic mass is 15.1. The summed E-state index contributed by atoms with van der Waals surface area (Å²) in [6.45, 7) is 0. The zero-order chi connectivity index (χ0) is 43.6. The van der Waals surface area contributed by atoms with Gasteiger partial charge in [0.1, 0.15) is 0 Å². The SMILES string of the molecule is c1ccc2c(-c3ccc(-c4ccc(N(c5ccc(-c6ccc7c8ccccc8c8ccccc8c7c6)cc5)c5ccc(-n6c7ccccc7c7ccccc76)cc5)cc4)cc3)cccc2c1. The van der Waals surface area contributed by atoms with Crippen molar-refractivity contribution in [2.24, 2.45) is 0 Å². The quantitative estimate of drug-likeness (QED) is 0.145. The molecule has 0 saturated carbocycles. The highest BCUT2D eigenvalue weighted by Crippen LogP contribution is 2.41. The van der Waals surface area contributed by atoms with Crippen LogP contribution in [0.4, 0.5) is 17.1 Å². The molecular formula is C64H42N2. The van der Waals surface area contributed by atoms with Gasteiger partial charge in [-0.05, 0) is 143 Å². The van der Waals surface area contributed by atoms with Crippen LogP contribution in [0.5, 0.6) is 0 Å². The minimum Gasteiger partial charge on any atom is -0.311 e. The maximum absolute atomic E-state index is 2.38. The molecule has 0 atom stereocenters. The Hall–Kier alpha value is -8.72. The smallest absolute Gasteiger partial charge is 0.0541 e. The maximum atomic E-state index is 2.38. The standard InChI is InChI=1S/C64H42N2/c1-2-14-53-46(12-1)13-11-21-54(53)47-26-24-43(25-27-47)44-28-33-49(34-29-44)65(51-37-39-52(40-38-51)66-63-22-9-7-19-60(63)61-20-8-10-23-64(61)66)50-35-30-45(31-36-50)48-32-41-59-57-17-4-3-15-55(57)56-16-5-6-18-58(56)62(59)42-48/h1-42H. The Labute approximate surface area is 383 Å². The van der Waals surface area contributed by atoms with Crippen molar-refractivity contribution in [3.63, 3.8) is 0 Å². The van der Waals surface area contributed by atoms with Gasteiger partial charge in [0, 0.05) is 33.5 Å². The van der Waals surface area contributed by atoms with Crippen LogP contribution in [0, 0.1) is 0 Å². The fourth-order valence-corrected chi connectivity index (χ4v) is 10.4. The van der Waals surface area contributed by atoms with E-state index in [2.05, 4.69) is 264 Å². The van der Waals surface area contributed by atoms with Crippen LogP contribution in [0.3, 0.4) is 0 Å². The number of rotatable bonds is 7. The first-order chi connectivity index (χ1) is 32.7. The van der Waals surface area contributed by atoms with Crippen LogP contribution >= 0.6 is 0 Å². The molecule has 0 aliphatic carbocycles. The largest absolute Gasteiger partial charge is 0.311 e. The van der Waals surface area contributed by atoms with Crippen LogP contribution < -0.4 is 4.90 Å². The van der Waals surface area contributed by atoms with Crippen molar-refractivity contribution in [3.8, 4) is 39.1 Å². The van der Waals surface area contributed by atoms with Crippen molar-refractivity contribution in [1.82, 2.24) is 4.57 Å². The topological polar surface area (TPSA) is 8.17 Å². The third kappa shape index (κ3) is 6.26. The first-order valence-corrected chi connectivity index (χ1v) is 22.7. The van der Waals surface area contributed by atoms with Gasteiger partial charge in [-0.1, -0.05) is 188 Å². The second-order valence-electron chi connectivity index (χ2n) is 17.3. The van der Waals surface area contributed by atoms with E-state index in [4.69, 9.17) is 0 Å². The van der Waals surface area contributed by atoms with Gasteiger partial charge >= 0.3 is 0 Å². The fraction of sp³-hybridized carbons (Fsp3) is 0. The van der Waals surface area contributed by atoms with Crippen LogP contribution in [0.1, 0.15) is 0 Å². The van der Waals surface area contributed by atoms with E-state index in [1.165, 1.54) is 98.3 Å². The zero-order valence-corrected chi connectivity index (χ0v) is 36.1. The van der Waals surface area contributed by atoms with E-state index in [0.29, 0.717) is 0 Å². The number of para-hydroxylation sites is 2. The number of nitrogens with zero attached hydrogens (tertiary/aromatic N) is 2. The number of aromatic nitrogens is 1. The minimum absolute atomic E-state index is 1.09. The molecule has 13 rings (SSSR count). The molecular weight excluding hydrogens is 797 g/mol. The molecule has 2 heteroatoms. The van der Waals surface area contributed by atoms with E-state index < -0.39 is 0 Å². The predicted molar refractivity (Wildman–Crippen MR) is 282 cm³/mol. The highest BCUT2D eigenvalue weighted by molar-refractivity contribution is 6.25. The monoisotopic (exact) mass is 838 g/mol. The van der Waals surface area contributed by atoms with E-state index in [1.54, 1.807) is 0 Å². The van der Waals surface area contributed by atoms with Gasteiger partial charge in [-0.15, -0.1) is 0 Å². The Balaban J connectivity index is 0.882. The predicted octanol–water partition coefficient (Wildman–Crippen LogP) is 17.9. The van der Waals surface area contributed by atoms with Crippen molar-refractivity contribution >= 4 is 82.0 Å². The summed E-state index contributed by atoms with van der Waals surface area (Å²) in [5, 5.41) is 12.8. The Morgan fingerprint density at radius 1 is 0.242 bits per heavy atom. The summed E-state index contributed by atoms with van der Waals surface area (Å²) in [5.74, 6) is 0. The Morgan fingerprint density at radius 2 is 0.621 bits per heavy atom. The molecule has 0 aliphatic rings. The summed E-state index contributed by atoms with van der Waals surface area (Å²) in [5.41, 5.74) is 14.0. The first kappa shape index (κ1) is 37.8. The normalized spacial score (nSPS) is 11.6. The van der Waals surface area contributed by atoms with Gasteiger partial charge in [-0.25, -0.2) is 0 Å². The molecule has 1 heterocycles. The molecule has 0 fully saturated rings. The summed E-state index contributed by atoms with van der Waals surface area (Å²) >= 11 is 0. The highest BCUT2D eigenvalue weighted by Gasteiger charge is 2.17. The molecule has 0 radical (unpaired) electrons. The third-order valence-electron chi connectivity index (χ3n) is 13.6. The van der Waals surface area contributed by atoms with Crippen LogP contribution in [0.25, 0.3) is 104 Å². The zero-order valence-electron chi connectivity index (χ0n) is 36.1. The molecule has 0 saturated heterocycles. The molecule has 2 nitrogen and oxygen atoms in total. The summed E-state index contributed by atoms with van der Waals surface area (Å²) in [6.07, 6.45) is 0. The van der Waals surface area contributed by atoms with Crippen LogP contribution in [-0.2, 0) is 0 Å². The summed E-state index contributed by atoms with van der Waals surface area (Å²) < 4.78 is 2.38. The fourth-order valence-electron chi connectivity index (χ4n) is 10.4. The Bertz CT molecular complexity index is 3860. The lowest BCUT2D eigenvalue weighted by atomic mass is 9.92. The van der Waals surface area contributed by atoms with E-state index >= 15 is 0 Å². The number of hydrogen-bond donors (Lipinski definition) is 0. The Morgan fingerprint density at radius 3 is 1.18 bits per heavy atom. The summed E-state index contributed by atoms with van der Waals surface area (Å²) in [7, 11) is 0. The number of fused-ring (bicyclic) bond motifs is 10. The lowest BCUT2D eigenvalue weighted by Gasteiger charge is -2.26. The molecule has 0 aliphatic heterocycles. The van der Waals surface area contributed by atoms with Gasteiger partial charge in [0.05, 0.1) is 11.0 Å². The van der Waals surface area contributed by atoms with Crippen molar-refractivity contribution in [2.45, 2.75) is 0 Å². The van der Waals surface area contributed by atoms with E-state index in [-0.39, 0.29) is 0 Å². The van der Waals surface area contributed by atoms with E-state index in [9.17, 15) is 0 Å². The minimum atomic E-state index is 1.09. The van der Waals surface area contributed by atoms with Gasteiger partial charge in [0.25, 0.3) is 0 Å². The van der Waals surface area contributed by atoms with Gasteiger partial charge in [0.15, 0.2) is 0 Å². The number of hydrogen-bond acceptors (Lipinski definition) is 1. The average molecular weight is 839 g/mol. The lowest BCUT2D eigenvalue weighted by Crippen LogP contribution is -2.10. The number of anilines is 3. The molecule has 1 aromatic heterocycles. The van der Waals surface area contributed by atoms with Crippen molar-refractivity contribution in [1.29, 1.82) is 0 Å². The molecule has 13 aromatic rings. The summed E-state index contributed by atoms with van der Waals surface area (Å²) in [4.78, 5) is 2.37. The van der Waals surface area contributed by atoms with Gasteiger partial charge < -0.3 is 9.47 Å². The van der Waals surface area contributed by atoms with Crippen LogP contribution in [0.2, 0.25) is 0 Å². The van der Waals surface area contributed by atoms with E-state index in [1.807, 2.05) is 0 Å². The number of benzene rings is 12. The molecule has 0 bridgehead atoms. The van der Waals surface area contributed by atoms with E-state index in [0.717, 1.165) is 22.7 Å². The van der Waals surface area contributed by atoms with Gasteiger partial charge in [-0.2, -0.15) is 0 Å². The van der Waals surface area contributed by atoms with Crippen LogP contribution in [0.15, 0.2) is 255 Å². The molecule has 0 spiro atoms. The lowest BCUT2D eigenvalue weighted by molar-refractivity contribution is 1.17. The molecule has 66 heavy (non-hydrogen) atoms. The Kier molecular flexibility index (Phi) is 8.89. The maximum Gasteiger partial charge on any atom is 0.0541 e. The van der Waals surface area contributed by atoms with Crippen molar-refractivity contribution < 1.29 is 0 Å². The van der Waals surface area contributed by atoms with Crippen molar-refractivity contribution in [3.05, 3.63) is 255 Å². The molecule has 12 aromatic carbocycles. The molecule has 0 unspecified atom stereocenters. The first-order valence-electron chi connectivity index (χ1n) is 22.7. The molecule has 0 N–H and O–H groups in total. The third-order valence-corrected chi connectivity index (χ3v) is 13.6. The second-order valence-corrected chi connectivity index (χ2v) is 17.3. The molecule has 308 valence electrons. The second kappa shape index (κ2) is 15.5. The molecule has 0 amide bonds. The summed E-state index contributed by atoms with van der Waals surface area (Å²) in [6, 6.07) is 93.1. The average Bonchev–Trinajstić information content (AvgIpc) is 3.73. The van der Waals surface area contributed by atoms with Gasteiger partial charge in [-0.3, -0.25) is 0 Å².